The number of hydrogen-bond donors (Lipinski definition) is 1. The molecule has 1 N–H and O–H groups in total. The zero-order valence-corrected chi connectivity index (χ0v) is 17.5. The van der Waals surface area contributed by atoms with Gasteiger partial charge in [-0.25, -0.2) is 4.79 Å². The molecule has 3 rings (SSSR count). The lowest BCUT2D eigenvalue weighted by Gasteiger charge is -2.39. The molecule has 1 aromatic carbocycles. The van der Waals surface area contributed by atoms with E-state index in [-0.39, 0.29) is 17.8 Å². The number of dihydropyridines is 1. The third kappa shape index (κ3) is 3.93. The van der Waals surface area contributed by atoms with E-state index in [1.807, 2.05) is 31.2 Å². The molecule has 1 unspecified atom stereocenters. The molecule has 2 aliphatic rings. The van der Waals surface area contributed by atoms with E-state index in [2.05, 4.69) is 41.7 Å². The Morgan fingerprint density at radius 1 is 1.41 bits per heavy atom. The SMILES string of the molecule is C=CCOC(=O)C1=C(C)NC2=C(C(=O)CC(C)(C)C2)C1c1cccc(Br)c1. The Morgan fingerprint density at radius 2 is 2.15 bits per heavy atom. The number of ether oxygens (including phenoxy) is 1. The van der Waals surface area contributed by atoms with Crippen LogP contribution in [0.4, 0.5) is 0 Å². The van der Waals surface area contributed by atoms with Crippen molar-refractivity contribution in [1.29, 1.82) is 0 Å². The van der Waals surface area contributed by atoms with Crippen molar-refractivity contribution in [3.8, 4) is 0 Å². The van der Waals surface area contributed by atoms with Crippen molar-refractivity contribution < 1.29 is 14.3 Å². The van der Waals surface area contributed by atoms with Gasteiger partial charge in [0.1, 0.15) is 6.61 Å². The van der Waals surface area contributed by atoms with Crippen LogP contribution in [0, 0.1) is 5.41 Å². The fourth-order valence-electron chi connectivity index (χ4n) is 3.94. The molecule has 1 heterocycles. The van der Waals surface area contributed by atoms with Crippen molar-refractivity contribution in [3.05, 3.63) is 69.5 Å². The molecule has 1 aromatic rings. The number of esters is 1. The summed E-state index contributed by atoms with van der Waals surface area (Å²) in [6.07, 6.45) is 2.77. The van der Waals surface area contributed by atoms with E-state index >= 15 is 0 Å². The summed E-state index contributed by atoms with van der Waals surface area (Å²) in [5.41, 5.74) is 3.62. The minimum Gasteiger partial charge on any atom is -0.458 e. The van der Waals surface area contributed by atoms with Crippen LogP contribution in [0.25, 0.3) is 0 Å². The van der Waals surface area contributed by atoms with Crippen LogP contribution in [-0.2, 0) is 14.3 Å². The number of carbonyl (C=O) groups excluding carboxylic acids is 2. The van der Waals surface area contributed by atoms with Crippen LogP contribution >= 0.6 is 15.9 Å². The molecular formula is C22H24BrNO3. The second kappa shape index (κ2) is 7.47. The van der Waals surface area contributed by atoms with Gasteiger partial charge in [0.15, 0.2) is 5.78 Å². The van der Waals surface area contributed by atoms with Crippen molar-refractivity contribution >= 4 is 27.7 Å². The number of rotatable bonds is 4. The highest BCUT2D eigenvalue weighted by Gasteiger charge is 2.43. The molecule has 0 amide bonds. The Kier molecular flexibility index (Phi) is 5.43. The molecule has 0 saturated carbocycles. The zero-order chi connectivity index (χ0) is 19.8. The average Bonchev–Trinajstić information content (AvgIpc) is 2.57. The summed E-state index contributed by atoms with van der Waals surface area (Å²) < 4.78 is 6.24. The summed E-state index contributed by atoms with van der Waals surface area (Å²) in [6.45, 7) is 9.79. The van der Waals surface area contributed by atoms with Crippen LogP contribution in [-0.4, -0.2) is 18.4 Å². The highest BCUT2D eigenvalue weighted by Crippen LogP contribution is 2.47. The van der Waals surface area contributed by atoms with E-state index in [0.29, 0.717) is 17.6 Å². The van der Waals surface area contributed by atoms with E-state index in [1.165, 1.54) is 6.08 Å². The van der Waals surface area contributed by atoms with Crippen molar-refractivity contribution in [2.75, 3.05) is 6.61 Å². The third-order valence-electron chi connectivity index (χ3n) is 4.97. The molecule has 0 saturated heterocycles. The van der Waals surface area contributed by atoms with Gasteiger partial charge in [-0.15, -0.1) is 0 Å². The molecule has 142 valence electrons. The third-order valence-corrected chi connectivity index (χ3v) is 5.47. The standard InChI is InChI=1S/C22H24BrNO3/c1-5-9-27-21(26)18-13(2)24-16-11-22(3,4)12-17(25)20(16)19(18)14-7-6-8-15(23)10-14/h5-8,10,19,24H,1,9,11-12H2,2-4H3. The normalized spacial score (nSPS) is 21.5. The van der Waals surface area contributed by atoms with E-state index in [0.717, 1.165) is 27.9 Å². The average molecular weight is 430 g/mol. The molecule has 0 spiro atoms. The van der Waals surface area contributed by atoms with Crippen LogP contribution in [0.2, 0.25) is 0 Å². The monoisotopic (exact) mass is 429 g/mol. The van der Waals surface area contributed by atoms with Gasteiger partial charge in [-0.1, -0.05) is 54.6 Å². The molecule has 1 atom stereocenters. The molecule has 0 fully saturated rings. The maximum absolute atomic E-state index is 13.1. The first-order valence-electron chi connectivity index (χ1n) is 9.01. The minimum absolute atomic E-state index is 0.0836. The summed E-state index contributed by atoms with van der Waals surface area (Å²) in [5, 5.41) is 3.33. The lowest BCUT2D eigenvalue weighted by molar-refractivity contribution is -0.138. The van der Waals surface area contributed by atoms with Crippen molar-refractivity contribution in [2.24, 2.45) is 5.41 Å². The first-order valence-corrected chi connectivity index (χ1v) is 9.80. The first-order chi connectivity index (χ1) is 12.7. The summed E-state index contributed by atoms with van der Waals surface area (Å²) in [6, 6.07) is 7.76. The number of ketones is 1. The Morgan fingerprint density at radius 3 is 2.81 bits per heavy atom. The molecule has 1 aliphatic carbocycles. The number of carbonyl (C=O) groups is 2. The van der Waals surface area contributed by atoms with Gasteiger partial charge in [0.05, 0.1) is 5.57 Å². The second-order valence-electron chi connectivity index (χ2n) is 7.87. The minimum atomic E-state index is -0.431. The molecule has 0 bridgehead atoms. The summed E-state index contributed by atoms with van der Waals surface area (Å²) in [5.74, 6) is -0.769. The van der Waals surface area contributed by atoms with Crippen LogP contribution < -0.4 is 5.32 Å². The number of Topliss-reactive ketones (excluding diaryl/α,β-unsaturated/α-hetero) is 1. The topological polar surface area (TPSA) is 55.4 Å². The number of nitrogens with one attached hydrogen (secondary N) is 1. The van der Waals surface area contributed by atoms with Gasteiger partial charge in [0.25, 0.3) is 0 Å². The lowest BCUT2D eigenvalue weighted by Crippen LogP contribution is -2.38. The van der Waals surface area contributed by atoms with Crippen LogP contribution in [0.15, 0.2) is 63.9 Å². The van der Waals surface area contributed by atoms with Gasteiger partial charge in [-0.2, -0.15) is 0 Å². The molecule has 5 heteroatoms. The highest BCUT2D eigenvalue weighted by atomic mass is 79.9. The van der Waals surface area contributed by atoms with E-state index in [9.17, 15) is 9.59 Å². The van der Waals surface area contributed by atoms with Gasteiger partial charge in [0.2, 0.25) is 0 Å². The van der Waals surface area contributed by atoms with Crippen LogP contribution in [0.5, 0.6) is 0 Å². The van der Waals surface area contributed by atoms with E-state index < -0.39 is 11.9 Å². The van der Waals surface area contributed by atoms with E-state index in [4.69, 9.17) is 4.74 Å². The van der Waals surface area contributed by atoms with Crippen LogP contribution in [0.1, 0.15) is 45.1 Å². The van der Waals surface area contributed by atoms with Gasteiger partial charge in [-0.05, 0) is 36.5 Å². The molecule has 27 heavy (non-hydrogen) atoms. The fourth-order valence-corrected chi connectivity index (χ4v) is 4.36. The first kappa shape index (κ1) is 19.6. The number of allylic oxidation sites excluding steroid dienone is 3. The molecular weight excluding hydrogens is 406 g/mol. The Hall–Kier alpha value is -2.14. The molecule has 0 radical (unpaired) electrons. The van der Waals surface area contributed by atoms with Crippen molar-refractivity contribution in [2.45, 2.75) is 39.5 Å². The quantitative estimate of drug-likeness (QED) is 0.552. The van der Waals surface area contributed by atoms with Gasteiger partial charge in [0, 0.05) is 33.8 Å². The summed E-state index contributed by atoms with van der Waals surface area (Å²) in [7, 11) is 0. The fraction of sp³-hybridized carbons (Fsp3) is 0.364. The highest BCUT2D eigenvalue weighted by molar-refractivity contribution is 9.10. The summed E-state index contributed by atoms with van der Waals surface area (Å²) >= 11 is 3.50. The summed E-state index contributed by atoms with van der Waals surface area (Å²) in [4.78, 5) is 25.9. The van der Waals surface area contributed by atoms with Crippen LogP contribution in [0.3, 0.4) is 0 Å². The maximum Gasteiger partial charge on any atom is 0.337 e. The molecule has 0 aromatic heterocycles. The van der Waals surface area contributed by atoms with Gasteiger partial charge in [-0.3, -0.25) is 4.79 Å². The predicted octanol–water partition coefficient (Wildman–Crippen LogP) is 4.78. The maximum atomic E-state index is 13.1. The second-order valence-corrected chi connectivity index (χ2v) is 8.79. The van der Waals surface area contributed by atoms with Gasteiger partial charge < -0.3 is 10.1 Å². The Labute approximate surface area is 168 Å². The lowest BCUT2D eigenvalue weighted by atomic mass is 9.68. The van der Waals surface area contributed by atoms with Crippen molar-refractivity contribution in [1.82, 2.24) is 5.32 Å². The number of halogens is 1. The smallest absolute Gasteiger partial charge is 0.337 e. The zero-order valence-electron chi connectivity index (χ0n) is 15.9. The molecule has 4 nitrogen and oxygen atoms in total. The Bertz CT molecular complexity index is 879. The predicted molar refractivity (Wildman–Crippen MR) is 109 cm³/mol. The van der Waals surface area contributed by atoms with Gasteiger partial charge >= 0.3 is 5.97 Å². The van der Waals surface area contributed by atoms with Crippen molar-refractivity contribution in [3.63, 3.8) is 0 Å². The van der Waals surface area contributed by atoms with E-state index in [1.54, 1.807) is 0 Å². The largest absolute Gasteiger partial charge is 0.458 e. The Balaban J connectivity index is 2.15. The number of hydrogen-bond acceptors (Lipinski definition) is 4. The molecule has 1 aliphatic heterocycles. The number of benzene rings is 1.